The van der Waals surface area contributed by atoms with Gasteiger partial charge in [-0.1, -0.05) is 0 Å². The van der Waals surface area contributed by atoms with E-state index in [1.165, 1.54) is 0 Å². The van der Waals surface area contributed by atoms with Crippen molar-refractivity contribution in [3.8, 4) is 0 Å². The second kappa shape index (κ2) is 13.3. The number of ether oxygens (including phenoxy) is 1. The Bertz CT molecular complexity index is 1660. The van der Waals surface area contributed by atoms with Crippen LogP contribution in [0.25, 0.3) is 0 Å². The lowest BCUT2D eigenvalue weighted by molar-refractivity contribution is -0.183. The van der Waals surface area contributed by atoms with E-state index in [1.807, 2.05) is 12.1 Å². The SMILES string of the molecule is O=C(NC12CC3CC(NC(=O)c4cc(I)cc(I)c4I)(C1)CC(C(=O)OCC(F)(F)S(=O)(=O)[O-])(C3)C2)c1cc(I)cc(I)c1I. The van der Waals surface area contributed by atoms with Crippen molar-refractivity contribution in [2.24, 2.45) is 11.3 Å². The Morgan fingerprint density at radius 2 is 1.27 bits per heavy atom. The van der Waals surface area contributed by atoms with Crippen molar-refractivity contribution in [3.63, 3.8) is 0 Å². The number of amides is 2. The highest BCUT2D eigenvalue weighted by atomic mass is 127. The van der Waals surface area contributed by atoms with Crippen LogP contribution in [0.1, 0.15) is 59.2 Å². The minimum atomic E-state index is -6.07. The van der Waals surface area contributed by atoms with Crippen molar-refractivity contribution in [3.05, 3.63) is 56.8 Å². The van der Waals surface area contributed by atoms with Crippen LogP contribution >= 0.6 is 136 Å². The van der Waals surface area contributed by atoms with Crippen molar-refractivity contribution in [2.75, 3.05) is 6.61 Å². The molecule has 244 valence electrons. The minimum absolute atomic E-state index is 0.0463. The number of hydrogen-bond donors (Lipinski definition) is 2. The number of rotatable bonds is 8. The molecule has 9 nitrogen and oxygen atoms in total. The quantitative estimate of drug-likeness (QED) is 0.131. The fraction of sp³-hybridized carbons (Fsp3) is 0.444. The molecule has 2 atom stereocenters. The van der Waals surface area contributed by atoms with Crippen LogP contribution in [0.15, 0.2) is 24.3 Å². The van der Waals surface area contributed by atoms with Gasteiger partial charge in [0.05, 0.1) is 16.5 Å². The Morgan fingerprint density at radius 3 is 1.69 bits per heavy atom. The Morgan fingerprint density at radius 1 is 0.822 bits per heavy atom. The van der Waals surface area contributed by atoms with Gasteiger partial charge < -0.3 is 19.9 Å². The molecule has 2 aromatic rings. The topological polar surface area (TPSA) is 142 Å². The van der Waals surface area contributed by atoms with Crippen molar-refractivity contribution >= 4 is 163 Å². The molecule has 45 heavy (non-hydrogen) atoms. The number of benzene rings is 2. The molecule has 4 bridgehead atoms. The maximum atomic E-state index is 14.0. The van der Waals surface area contributed by atoms with E-state index in [2.05, 4.69) is 146 Å². The van der Waals surface area contributed by atoms with E-state index in [1.54, 1.807) is 12.1 Å². The molecule has 4 aliphatic rings. The molecule has 18 heteroatoms. The summed E-state index contributed by atoms with van der Waals surface area (Å²) in [5.41, 5.74) is -2.53. The molecule has 4 saturated carbocycles. The molecule has 0 aliphatic heterocycles. The largest absolute Gasteiger partial charge is 0.743 e. The van der Waals surface area contributed by atoms with E-state index >= 15 is 0 Å². The predicted molar refractivity (Wildman–Crippen MR) is 209 cm³/mol. The van der Waals surface area contributed by atoms with Crippen LogP contribution in [0.3, 0.4) is 0 Å². The summed E-state index contributed by atoms with van der Waals surface area (Å²) in [6.45, 7) is -1.92. The first-order chi connectivity index (χ1) is 20.7. The fourth-order valence-corrected chi connectivity index (χ4v) is 12.4. The maximum absolute atomic E-state index is 14.0. The molecule has 4 aliphatic carbocycles. The van der Waals surface area contributed by atoms with Crippen molar-refractivity contribution in [1.82, 2.24) is 10.6 Å². The predicted octanol–water partition coefficient (Wildman–Crippen LogP) is 6.62. The summed E-state index contributed by atoms with van der Waals surface area (Å²) in [5.74, 6) is -2.01. The number of alkyl halides is 2. The van der Waals surface area contributed by atoms with Crippen molar-refractivity contribution in [2.45, 2.75) is 54.9 Å². The molecular weight excluding hydrogens is 1300 g/mol. The van der Waals surface area contributed by atoms with Gasteiger partial charge in [0.2, 0.25) is 0 Å². The standard InChI is InChI=1S/C27H22F2I6N2O7S/c28-27(29,45(41,42)43)11-44-23(40)24-5-12-6-25(8-24,36-21(38)15-1-13(30)3-17(32)19(15)34)10-26(7-12,9-24)37-22(39)16-2-14(31)4-18(33)20(16)35/h1-4,12H,5-11H2,(H,36,38)(H,37,39)(H,41,42,43)/p-1. The zero-order valence-corrected chi connectivity index (χ0v) is 36.4. The fourth-order valence-electron chi connectivity index (χ4n) is 7.38. The van der Waals surface area contributed by atoms with E-state index < -0.39 is 44.4 Å². The maximum Gasteiger partial charge on any atom is 0.367 e. The molecule has 0 saturated heterocycles. The van der Waals surface area contributed by atoms with Gasteiger partial charge >= 0.3 is 11.2 Å². The zero-order valence-electron chi connectivity index (χ0n) is 22.6. The highest BCUT2D eigenvalue weighted by molar-refractivity contribution is 14.1. The number of esters is 1. The van der Waals surface area contributed by atoms with Gasteiger partial charge in [-0.3, -0.25) is 14.4 Å². The monoisotopic (exact) mass is 1320 g/mol. The van der Waals surface area contributed by atoms with Crippen LogP contribution in [-0.2, 0) is 19.6 Å². The highest BCUT2D eigenvalue weighted by Gasteiger charge is 2.67. The lowest BCUT2D eigenvalue weighted by Gasteiger charge is -2.65. The number of hydrogen-bond acceptors (Lipinski definition) is 7. The summed E-state index contributed by atoms with van der Waals surface area (Å²) in [6.07, 6.45) is 1.62. The van der Waals surface area contributed by atoms with Crippen molar-refractivity contribution < 1.29 is 40.9 Å². The first-order valence-corrected chi connectivity index (χ1v) is 21.0. The van der Waals surface area contributed by atoms with Crippen LogP contribution in [0.4, 0.5) is 8.78 Å². The van der Waals surface area contributed by atoms with E-state index in [9.17, 15) is 36.1 Å². The Hall–Kier alpha value is 1.00. The lowest BCUT2D eigenvalue weighted by Crippen LogP contribution is -2.73. The van der Waals surface area contributed by atoms with Crippen LogP contribution in [0.5, 0.6) is 0 Å². The molecule has 0 aromatic heterocycles. The third-order valence-corrected chi connectivity index (χ3v) is 16.7. The highest BCUT2D eigenvalue weighted by Crippen LogP contribution is 2.63. The second-order valence-corrected chi connectivity index (χ2v) is 20.4. The molecule has 0 spiro atoms. The van der Waals surface area contributed by atoms with Gasteiger partial charge in [-0.2, -0.15) is 8.78 Å². The van der Waals surface area contributed by atoms with Gasteiger partial charge in [0.25, 0.3) is 11.8 Å². The minimum Gasteiger partial charge on any atom is -0.743 e. The average molecular weight is 1320 g/mol. The van der Waals surface area contributed by atoms with Gasteiger partial charge in [0, 0.05) is 32.5 Å². The number of carbonyl (C=O) groups excluding carboxylic acids is 3. The molecule has 6 rings (SSSR count). The first kappa shape index (κ1) is 37.3. The summed E-state index contributed by atoms with van der Waals surface area (Å²) >= 11 is 12.7. The smallest absolute Gasteiger partial charge is 0.367 e. The number of halogens is 8. The summed E-state index contributed by atoms with van der Waals surface area (Å²) < 4.78 is 71.2. The molecule has 4 fully saturated rings. The molecule has 2 N–H and O–H groups in total. The molecule has 2 unspecified atom stereocenters. The van der Waals surface area contributed by atoms with Gasteiger partial charge in [-0.15, -0.1) is 0 Å². The second-order valence-electron chi connectivity index (χ2n) is 11.9. The number of carbonyl (C=O) groups is 3. The molecule has 2 aromatic carbocycles. The van der Waals surface area contributed by atoms with Crippen LogP contribution in [-0.4, -0.2) is 53.7 Å². The number of nitrogens with one attached hydrogen (secondary N) is 2. The van der Waals surface area contributed by atoms with Gasteiger partial charge in [-0.25, -0.2) is 8.42 Å². The molecule has 0 radical (unpaired) electrons. The average Bonchev–Trinajstić information content (AvgIpc) is 2.89. The van der Waals surface area contributed by atoms with Crippen LogP contribution in [0.2, 0.25) is 0 Å². The van der Waals surface area contributed by atoms with E-state index in [0.717, 1.165) is 21.4 Å². The van der Waals surface area contributed by atoms with Gasteiger partial charge in [0.1, 0.15) is 0 Å². The molecule has 0 heterocycles. The first-order valence-electron chi connectivity index (χ1n) is 13.1. The summed E-state index contributed by atoms with van der Waals surface area (Å²) in [6, 6.07) is 7.39. The zero-order chi connectivity index (χ0) is 33.3. The van der Waals surface area contributed by atoms with Gasteiger partial charge in [0.15, 0.2) is 16.7 Å². The van der Waals surface area contributed by atoms with E-state index in [4.69, 9.17) is 4.74 Å². The Kier molecular flexibility index (Phi) is 11.0. The van der Waals surface area contributed by atoms with E-state index in [-0.39, 0.29) is 37.0 Å². The normalized spacial score (nSPS) is 27.3. The Labute approximate surface area is 339 Å². The van der Waals surface area contributed by atoms with Gasteiger partial charge in [-0.05, 0) is 204 Å². The molecular formula is C27H21F2I6N2O7S-. The van der Waals surface area contributed by atoms with Crippen LogP contribution in [0, 0.1) is 32.8 Å². The Balaban J connectivity index is 1.52. The summed E-state index contributed by atoms with van der Waals surface area (Å²) in [4.78, 5) is 41.3. The van der Waals surface area contributed by atoms with Crippen LogP contribution < -0.4 is 10.6 Å². The summed E-state index contributed by atoms with van der Waals surface area (Å²) in [5, 5.41) is 1.54. The molecule has 2 amide bonds. The van der Waals surface area contributed by atoms with Crippen molar-refractivity contribution in [1.29, 1.82) is 0 Å². The lowest BCUT2D eigenvalue weighted by atomic mass is 9.44. The third-order valence-electron chi connectivity index (χ3n) is 8.47. The summed E-state index contributed by atoms with van der Waals surface area (Å²) in [7, 11) is -6.07. The van der Waals surface area contributed by atoms with E-state index in [0.29, 0.717) is 30.4 Å². The third kappa shape index (κ3) is 7.55.